The largest absolute Gasteiger partial charge is 0.510 e. The highest BCUT2D eigenvalue weighted by molar-refractivity contribution is 7.19. The molecule has 2 heterocycles. The van der Waals surface area contributed by atoms with E-state index in [1.807, 2.05) is 24.3 Å². The second-order valence-electron chi connectivity index (χ2n) is 8.91. The predicted octanol–water partition coefficient (Wildman–Crippen LogP) is 5.07. The van der Waals surface area contributed by atoms with Gasteiger partial charge in [-0.25, -0.2) is 4.98 Å². The number of nitrogens with one attached hydrogen (secondary N) is 1. The van der Waals surface area contributed by atoms with Crippen LogP contribution in [0.15, 0.2) is 30.0 Å². The second-order valence-corrected chi connectivity index (χ2v) is 9.94. The molecule has 2 N–H and O–H groups in total. The average Bonchev–Trinajstić information content (AvgIpc) is 3.25. The van der Waals surface area contributed by atoms with Gasteiger partial charge in [-0.3, -0.25) is 5.41 Å². The average molecular weight is 368 g/mol. The molecule has 1 aromatic carbocycles. The van der Waals surface area contributed by atoms with E-state index in [1.165, 1.54) is 12.8 Å². The maximum atomic E-state index is 10.7. The zero-order valence-corrected chi connectivity index (χ0v) is 16.4. The minimum Gasteiger partial charge on any atom is -0.510 e. The fraction of sp³-hybridized carbons (Fsp3) is 0.524. The predicted molar refractivity (Wildman–Crippen MR) is 107 cm³/mol. The Morgan fingerprint density at radius 2 is 2.04 bits per heavy atom. The van der Waals surface area contributed by atoms with Gasteiger partial charge in [0.25, 0.3) is 0 Å². The standard InChI is InChI=1S/C21H25N3OS/c1-20(2)12-8-9-21(20,3)16(10-12)24-11-14(25)17(18(24)22)19-23-13-6-4-5-7-15(13)26-19/h4-7,12,16,22,25H,8-11H2,1-3H3/t12-,16+,21-/m0/s1. The highest BCUT2D eigenvalue weighted by atomic mass is 32.1. The highest BCUT2D eigenvalue weighted by Crippen LogP contribution is 2.67. The van der Waals surface area contributed by atoms with Gasteiger partial charge in [-0.05, 0) is 48.1 Å². The van der Waals surface area contributed by atoms with E-state index in [1.54, 1.807) is 11.3 Å². The molecule has 2 aliphatic carbocycles. The lowest BCUT2D eigenvalue weighted by Crippen LogP contribution is -2.48. The molecule has 136 valence electrons. The first-order valence-corrected chi connectivity index (χ1v) is 10.3. The van der Waals surface area contributed by atoms with Gasteiger partial charge < -0.3 is 10.0 Å². The fourth-order valence-corrected chi connectivity index (χ4v) is 6.74. The molecule has 0 unspecified atom stereocenters. The Morgan fingerprint density at radius 1 is 1.27 bits per heavy atom. The second kappa shape index (κ2) is 5.10. The van der Waals surface area contributed by atoms with Crippen molar-refractivity contribution in [3.63, 3.8) is 0 Å². The zero-order chi connectivity index (χ0) is 18.3. The summed E-state index contributed by atoms with van der Waals surface area (Å²) in [5.74, 6) is 1.48. The molecule has 0 spiro atoms. The maximum Gasteiger partial charge on any atom is 0.135 e. The molecule has 2 aromatic rings. The summed E-state index contributed by atoms with van der Waals surface area (Å²) in [6.07, 6.45) is 3.65. The number of aromatic nitrogens is 1. The molecule has 3 aliphatic rings. The summed E-state index contributed by atoms with van der Waals surface area (Å²) in [5, 5.41) is 20.3. The van der Waals surface area contributed by atoms with Crippen LogP contribution in [0.3, 0.4) is 0 Å². The Labute approximate surface area is 158 Å². The lowest BCUT2D eigenvalue weighted by Gasteiger charge is -2.44. The van der Waals surface area contributed by atoms with Crippen LogP contribution in [-0.2, 0) is 0 Å². The van der Waals surface area contributed by atoms with Crippen molar-refractivity contribution in [2.45, 2.75) is 46.1 Å². The molecule has 5 heteroatoms. The van der Waals surface area contributed by atoms with Crippen LogP contribution in [0.25, 0.3) is 15.8 Å². The Balaban J connectivity index is 1.50. The third-order valence-electron chi connectivity index (χ3n) is 7.76. The molecule has 4 nitrogen and oxygen atoms in total. The first kappa shape index (κ1) is 16.3. The van der Waals surface area contributed by atoms with Crippen LogP contribution in [-0.4, -0.2) is 33.4 Å². The molecular formula is C21H25N3OS. The van der Waals surface area contributed by atoms with Crippen LogP contribution < -0.4 is 0 Å². The van der Waals surface area contributed by atoms with Crippen molar-refractivity contribution >= 4 is 33.0 Å². The van der Waals surface area contributed by atoms with Crippen molar-refractivity contribution in [2.75, 3.05) is 6.54 Å². The van der Waals surface area contributed by atoms with Gasteiger partial charge in [0.05, 0.1) is 22.3 Å². The number of thiazole rings is 1. The van der Waals surface area contributed by atoms with E-state index in [0.29, 0.717) is 35.2 Å². The molecule has 0 saturated heterocycles. The van der Waals surface area contributed by atoms with Crippen molar-refractivity contribution in [1.82, 2.24) is 9.88 Å². The Bertz CT molecular complexity index is 926. The van der Waals surface area contributed by atoms with E-state index in [4.69, 9.17) is 5.41 Å². The molecule has 3 atom stereocenters. The molecule has 1 aromatic heterocycles. The molecule has 2 fully saturated rings. The number of hydrogen-bond acceptors (Lipinski definition) is 4. The molecular weight excluding hydrogens is 342 g/mol. The first-order chi connectivity index (χ1) is 12.3. The van der Waals surface area contributed by atoms with Crippen LogP contribution in [0, 0.1) is 22.2 Å². The number of amidine groups is 1. The number of nitrogens with zero attached hydrogens (tertiary/aromatic N) is 2. The lowest BCUT2D eigenvalue weighted by molar-refractivity contribution is 0.0817. The number of fused-ring (bicyclic) bond motifs is 3. The van der Waals surface area contributed by atoms with Gasteiger partial charge in [0.2, 0.25) is 0 Å². The Hall–Kier alpha value is -1.88. The van der Waals surface area contributed by atoms with E-state index in [0.717, 1.165) is 27.6 Å². The van der Waals surface area contributed by atoms with Gasteiger partial charge in [0.15, 0.2) is 0 Å². The minimum absolute atomic E-state index is 0.202. The number of rotatable bonds is 2. The number of aliphatic hydroxyl groups is 1. The first-order valence-electron chi connectivity index (χ1n) is 9.46. The SMILES string of the molecule is CC1(C)[C@H]2CC[C@@]1(C)[C@H](N1CC(O)=C(c3nc4ccccc4s3)C1=N)C2. The van der Waals surface area contributed by atoms with E-state index in [-0.39, 0.29) is 5.41 Å². The zero-order valence-electron chi connectivity index (χ0n) is 15.5. The summed E-state index contributed by atoms with van der Waals surface area (Å²) in [6.45, 7) is 7.63. The molecule has 26 heavy (non-hydrogen) atoms. The van der Waals surface area contributed by atoms with Crippen LogP contribution in [0.2, 0.25) is 0 Å². The van der Waals surface area contributed by atoms with Crippen LogP contribution in [0.5, 0.6) is 0 Å². The van der Waals surface area contributed by atoms with Gasteiger partial charge in [-0.1, -0.05) is 32.9 Å². The normalized spacial score (nSPS) is 33.0. The van der Waals surface area contributed by atoms with Gasteiger partial charge in [0.1, 0.15) is 16.6 Å². The summed E-state index contributed by atoms with van der Waals surface area (Å²) >= 11 is 1.56. The van der Waals surface area contributed by atoms with Gasteiger partial charge in [-0.15, -0.1) is 11.3 Å². The van der Waals surface area contributed by atoms with Gasteiger partial charge in [-0.2, -0.15) is 0 Å². The van der Waals surface area contributed by atoms with Crippen LogP contribution in [0.4, 0.5) is 0 Å². The summed E-state index contributed by atoms with van der Waals surface area (Å²) in [4.78, 5) is 6.83. The third-order valence-corrected chi connectivity index (χ3v) is 8.82. The monoisotopic (exact) mass is 367 g/mol. The van der Waals surface area contributed by atoms with Gasteiger partial charge >= 0.3 is 0 Å². The third kappa shape index (κ3) is 1.90. The number of aliphatic hydroxyl groups excluding tert-OH is 1. The summed E-state index contributed by atoms with van der Waals surface area (Å²) in [5.41, 5.74) is 2.07. The molecule has 0 amide bonds. The van der Waals surface area contributed by atoms with Crippen molar-refractivity contribution in [1.29, 1.82) is 5.41 Å². The van der Waals surface area contributed by atoms with Crippen LogP contribution in [0.1, 0.15) is 45.0 Å². The smallest absolute Gasteiger partial charge is 0.135 e. The highest BCUT2D eigenvalue weighted by Gasteiger charge is 2.63. The van der Waals surface area contributed by atoms with Crippen molar-refractivity contribution in [3.8, 4) is 0 Å². The van der Waals surface area contributed by atoms with E-state index in [2.05, 4.69) is 30.7 Å². The maximum absolute atomic E-state index is 10.7. The van der Waals surface area contributed by atoms with Crippen LogP contribution >= 0.6 is 11.3 Å². The fourth-order valence-electron chi connectivity index (χ4n) is 5.70. The topological polar surface area (TPSA) is 60.2 Å². The molecule has 0 radical (unpaired) electrons. The van der Waals surface area contributed by atoms with Crippen molar-refractivity contribution in [3.05, 3.63) is 35.0 Å². The number of para-hydroxylation sites is 1. The Kier molecular flexibility index (Phi) is 3.20. The number of hydrogen-bond donors (Lipinski definition) is 2. The molecule has 5 rings (SSSR count). The molecule has 1 aliphatic heterocycles. The quantitative estimate of drug-likeness (QED) is 0.779. The summed E-state index contributed by atoms with van der Waals surface area (Å²) < 4.78 is 1.10. The molecule has 2 saturated carbocycles. The van der Waals surface area contributed by atoms with Crippen molar-refractivity contribution in [2.24, 2.45) is 16.7 Å². The van der Waals surface area contributed by atoms with Crippen molar-refractivity contribution < 1.29 is 5.11 Å². The summed E-state index contributed by atoms with van der Waals surface area (Å²) in [6, 6.07) is 8.35. The van der Waals surface area contributed by atoms with E-state index in [9.17, 15) is 5.11 Å². The molecule has 2 bridgehead atoms. The van der Waals surface area contributed by atoms with Gasteiger partial charge in [0, 0.05) is 6.04 Å². The number of benzene rings is 1. The summed E-state index contributed by atoms with van der Waals surface area (Å²) in [7, 11) is 0. The van der Waals surface area contributed by atoms with E-state index >= 15 is 0 Å². The van der Waals surface area contributed by atoms with E-state index < -0.39 is 0 Å². The minimum atomic E-state index is 0.202. The lowest BCUT2D eigenvalue weighted by atomic mass is 9.69. The Morgan fingerprint density at radius 3 is 2.69 bits per heavy atom.